The van der Waals surface area contributed by atoms with Crippen molar-refractivity contribution in [1.82, 2.24) is 0 Å². The van der Waals surface area contributed by atoms with E-state index in [-0.39, 0.29) is 18.2 Å². The summed E-state index contributed by atoms with van der Waals surface area (Å²) in [6, 6.07) is 5.71. The van der Waals surface area contributed by atoms with E-state index in [1.54, 1.807) is 29.1 Å². The third-order valence-corrected chi connectivity index (χ3v) is 5.33. The SMILES string of the molecule is CC(=O)c1ccc[n+](CC(=O)Nc2sc3c(c2C#N)CCCC3)c1. The smallest absolute Gasteiger partial charge is 0.290 e. The first-order chi connectivity index (χ1) is 11.6. The van der Waals surface area contributed by atoms with E-state index in [2.05, 4.69) is 11.4 Å². The maximum absolute atomic E-state index is 12.3. The van der Waals surface area contributed by atoms with Gasteiger partial charge < -0.3 is 5.32 Å². The average Bonchev–Trinajstić information content (AvgIpc) is 2.91. The molecule has 122 valence electrons. The van der Waals surface area contributed by atoms with Gasteiger partial charge in [-0.15, -0.1) is 11.3 Å². The third kappa shape index (κ3) is 3.36. The van der Waals surface area contributed by atoms with Crippen LogP contribution in [0.4, 0.5) is 5.00 Å². The number of Topliss-reactive ketones (excluding diaryl/α,β-unsaturated/α-hetero) is 1. The predicted molar refractivity (Wildman–Crippen MR) is 90.9 cm³/mol. The monoisotopic (exact) mass is 340 g/mol. The highest BCUT2D eigenvalue weighted by Gasteiger charge is 2.22. The van der Waals surface area contributed by atoms with Crippen LogP contribution >= 0.6 is 11.3 Å². The molecule has 2 aromatic rings. The van der Waals surface area contributed by atoms with Crippen LogP contribution in [0.2, 0.25) is 0 Å². The van der Waals surface area contributed by atoms with E-state index >= 15 is 0 Å². The van der Waals surface area contributed by atoms with Crippen LogP contribution in [-0.4, -0.2) is 11.7 Å². The number of fused-ring (bicyclic) bond motifs is 1. The zero-order chi connectivity index (χ0) is 17.1. The number of nitrogens with one attached hydrogen (secondary N) is 1. The zero-order valence-electron chi connectivity index (χ0n) is 13.5. The summed E-state index contributed by atoms with van der Waals surface area (Å²) in [6.07, 6.45) is 7.54. The van der Waals surface area contributed by atoms with Crippen molar-refractivity contribution < 1.29 is 14.2 Å². The van der Waals surface area contributed by atoms with Crippen molar-refractivity contribution in [2.45, 2.75) is 39.2 Å². The average molecular weight is 340 g/mol. The summed E-state index contributed by atoms with van der Waals surface area (Å²) in [4.78, 5) is 25.0. The normalized spacial score (nSPS) is 13.0. The van der Waals surface area contributed by atoms with Crippen molar-refractivity contribution in [3.8, 4) is 6.07 Å². The molecule has 24 heavy (non-hydrogen) atoms. The van der Waals surface area contributed by atoms with Gasteiger partial charge in [-0.1, -0.05) is 0 Å². The van der Waals surface area contributed by atoms with E-state index in [1.807, 2.05) is 0 Å². The van der Waals surface area contributed by atoms with Crippen LogP contribution in [0.5, 0.6) is 0 Å². The number of aryl methyl sites for hydroxylation is 1. The molecular weight excluding hydrogens is 322 g/mol. The Kier molecular flexibility index (Phi) is 4.72. The largest absolute Gasteiger partial charge is 0.311 e. The number of aromatic nitrogens is 1. The first-order valence-corrected chi connectivity index (χ1v) is 8.74. The number of amides is 1. The van der Waals surface area contributed by atoms with Crippen molar-refractivity contribution in [3.63, 3.8) is 0 Å². The molecule has 0 fully saturated rings. The van der Waals surface area contributed by atoms with Crippen molar-refractivity contribution >= 4 is 28.0 Å². The van der Waals surface area contributed by atoms with Gasteiger partial charge in [0, 0.05) is 10.9 Å². The van der Waals surface area contributed by atoms with E-state index in [9.17, 15) is 14.9 Å². The fraction of sp³-hybridized carbons (Fsp3) is 0.333. The summed E-state index contributed by atoms with van der Waals surface area (Å²) in [5, 5.41) is 12.9. The Hall–Kier alpha value is -2.52. The highest BCUT2D eigenvalue weighted by atomic mass is 32.1. The number of pyridine rings is 1. The Morgan fingerprint density at radius 3 is 2.92 bits per heavy atom. The second-order valence-electron chi connectivity index (χ2n) is 5.90. The van der Waals surface area contributed by atoms with Crippen LogP contribution < -0.4 is 9.88 Å². The summed E-state index contributed by atoms with van der Waals surface area (Å²) in [5.74, 6) is -0.238. The molecule has 0 unspecified atom stereocenters. The van der Waals surface area contributed by atoms with Crippen LogP contribution in [0.3, 0.4) is 0 Å². The lowest BCUT2D eigenvalue weighted by molar-refractivity contribution is -0.684. The maximum Gasteiger partial charge on any atom is 0.290 e. The third-order valence-electron chi connectivity index (χ3n) is 4.13. The van der Waals surface area contributed by atoms with Crippen molar-refractivity contribution in [2.24, 2.45) is 0 Å². The first kappa shape index (κ1) is 16.3. The molecule has 0 bridgehead atoms. The molecule has 1 amide bonds. The Morgan fingerprint density at radius 1 is 1.38 bits per heavy atom. The molecule has 0 aliphatic heterocycles. The molecule has 5 nitrogen and oxygen atoms in total. The van der Waals surface area contributed by atoms with Gasteiger partial charge in [-0.25, -0.2) is 0 Å². The molecule has 2 heterocycles. The number of carbonyl (C=O) groups is 2. The van der Waals surface area contributed by atoms with Gasteiger partial charge in [0.15, 0.2) is 18.2 Å². The lowest BCUT2D eigenvalue weighted by atomic mass is 9.96. The number of rotatable bonds is 4. The Bertz CT molecular complexity index is 848. The molecule has 1 aliphatic carbocycles. The number of carbonyl (C=O) groups excluding carboxylic acids is 2. The zero-order valence-corrected chi connectivity index (χ0v) is 14.3. The second kappa shape index (κ2) is 6.93. The number of hydrogen-bond donors (Lipinski definition) is 1. The molecule has 1 aliphatic rings. The van der Waals surface area contributed by atoms with Crippen LogP contribution in [0.15, 0.2) is 24.5 Å². The molecule has 0 atom stereocenters. The second-order valence-corrected chi connectivity index (χ2v) is 7.00. The molecule has 3 rings (SSSR count). The summed E-state index contributed by atoms with van der Waals surface area (Å²) >= 11 is 1.52. The van der Waals surface area contributed by atoms with Gasteiger partial charge in [0.05, 0.1) is 11.1 Å². The van der Waals surface area contributed by atoms with Crippen LogP contribution in [-0.2, 0) is 24.2 Å². The van der Waals surface area contributed by atoms with E-state index < -0.39 is 0 Å². The van der Waals surface area contributed by atoms with E-state index in [0.717, 1.165) is 31.2 Å². The van der Waals surface area contributed by atoms with E-state index in [4.69, 9.17) is 0 Å². The molecule has 0 aromatic carbocycles. The summed E-state index contributed by atoms with van der Waals surface area (Å²) in [6.45, 7) is 1.60. The molecule has 0 spiro atoms. The van der Waals surface area contributed by atoms with Crippen LogP contribution in [0.25, 0.3) is 0 Å². The van der Waals surface area contributed by atoms with Crippen molar-refractivity contribution in [2.75, 3.05) is 5.32 Å². The van der Waals surface area contributed by atoms with Gasteiger partial charge in [0.2, 0.25) is 6.54 Å². The molecule has 0 saturated heterocycles. The lowest BCUT2D eigenvalue weighted by Crippen LogP contribution is -2.40. The van der Waals surface area contributed by atoms with Gasteiger partial charge in [0.1, 0.15) is 11.1 Å². The molecule has 6 heteroatoms. The molecule has 1 N–H and O–H groups in total. The Labute approximate surface area is 144 Å². The topological polar surface area (TPSA) is 73.8 Å². The standard InChI is InChI=1S/C18H17N3O2S/c1-12(22)13-5-4-8-21(10-13)11-17(23)20-18-15(9-19)14-6-2-3-7-16(14)24-18/h4-5,8,10H,2-3,6-7,11H2,1H3/p+1. The molecular formula is C18H18N3O2S+. The lowest BCUT2D eigenvalue weighted by Gasteiger charge is -2.09. The number of hydrogen-bond acceptors (Lipinski definition) is 4. The van der Waals surface area contributed by atoms with E-state index in [1.165, 1.54) is 23.1 Å². The summed E-state index contributed by atoms with van der Waals surface area (Å²) in [7, 11) is 0. The molecule has 0 saturated carbocycles. The minimum atomic E-state index is -0.198. The van der Waals surface area contributed by atoms with Gasteiger partial charge >= 0.3 is 0 Å². The highest BCUT2D eigenvalue weighted by Crippen LogP contribution is 2.37. The van der Waals surface area contributed by atoms with E-state index in [0.29, 0.717) is 16.1 Å². The molecule has 2 aromatic heterocycles. The van der Waals surface area contributed by atoms with Gasteiger partial charge in [-0.2, -0.15) is 9.83 Å². The van der Waals surface area contributed by atoms with Gasteiger partial charge in [0.25, 0.3) is 5.91 Å². The minimum Gasteiger partial charge on any atom is -0.311 e. The van der Waals surface area contributed by atoms with Crippen LogP contribution in [0.1, 0.15) is 46.1 Å². The minimum absolute atomic E-state index is 0.0394. The first-order valence-electron chi connectivity index (χ1n) is 7.93. The fourth-order valence-corrected chi connectivity index (χ4v) is 4.19. The van der Waals surface area contributed by atoms with Crippen LogP contribution in [0, 0.1) is 11.3 Å². The fourth-order valence-electron chi connectivity index (χ4n) is 2.93. The number of nitrogens with zero attached hydrogens (tertiary/aromatic N) is 2. The quantitative estimate of drug-likeness (QED) is 0.687. The summed E-state index contributed by atoms with van der Waals surface area (Å²) < 4.78 is 1.67. The summed E-state index contributed by atoms with van der Waals surface area (Å²) in [5.41, 5.74) is 2.29. The van der Waals surface area contributed by atoms with Gasteiger partial charge in [-0.05, 0) is 44.2 Å². The number of thiophene rings is 1. The van der Waals surface area contributed by atoms with Crippen molar-refractivity contribution in [3.05, 3.63) is 46.1 Å². The van der Waals surface area contributed by atoms with Crippen molar-refractivity contribution in [1.29, 1.82) is 5.26 Å². The molecule has 0 radical (unpaired) electrons. The predicted octanol–water partition coefficient (Wildman–Crippen LogP) is 2.63. The maximum atomic E-state index is 12.3. The number of anilines is 1. The number of nitriles is 1. The van der Waals surface area contributed by atoms with Gasteiger partial charge in [-0.3, -0.25) is 9.59 Å². The Balaban J connectivity index is 1.76. The number of ketones is 1. The highest BCUT2D eigenvalue weighted by molar-refractivity contribution is 7.16. The Morgan fingerprint density at radius 2 is 2.17 bits per heavy atom.